The summed E-state index contributed by atoms with van der Waals surface area (Å²) >= 11 is 0. The van der Waals surface area contributed by atoms with Crippen molar-refractivity contribution in [2.45, 2.75) is 58.5 Å². The van der Waals surface area contributed by atoms with E-state index in [4.69, 9.17) is 4.42 Å². The van der Waals surface area contributed by atoms with Gasteiger partial charge in [0.1, 0.15) is 11.5 Å². The fraction of sp³-hybridized carbons (Fsp3) is 0.476. The highest BCUT2D eigenvalue weighted by Crippen LogP contribution is 2.25. The van der Waals surface area contributed by atoms with Gasteiger partial charge in [-0.3, -0.25) is 9.69 Å². The molecular weight excluding hydrogens is 312 g/mol. The van der Waals surface area contributed by atoms with Crippen molar-refractivity contribution < 1.29 is 9.21 Å². The van der Waals surface area contributed by atoms with Crippen molar-refractivity contribution in [2.24, 2.45) is 0 Å². The van der Waals surface area contributed by atoms with Crippen molar-refractivity contribution in [1.82, 2.24) is 4.90 Å². The van der Waals surface area contributed by atoms with Crippen LogP contribution in [0.25, 0.3) is 0 Å². The van der Waals surface area contributed by atoms with Gasteiger partial charge in [0.15, 0.2) is 0 Å². The number of amides is 1. The van der Waals surface area contributed by atoms with Crippen molar-refractivity contribution >= 4 is 11.6 Å². The monoisotopic (exact) mass is 340 g/mol. The van der Waals surface area contributed by atoms with E-state index < -0.39 is 0 Å². The van der Waals surface area contributed by atoms with Gasteiger partial charge in [0.05, 0.1) is 5.56 Å². The number of carbonyl (C=O) groups excluding carboxylic acids is 1. The van der Waals surface area contributed by atoms with Gasteiger partial charge < -0.3 is 9.73 Å². The third-order valence-electron chi connectivity index (χ3n) is 5.17. The van der Waals surface area contributed by atoms with Gasteiger partial charge in [-0.2, -0.15) is 0 Å². The first kappa shape index (κ1) is 17.7. The van der Waals surface area contributed by atoms with Crippen LogP contribution in [-0.2, 0) is 6.54 Å². The zero-order valence-electron chi connectivity index (χ0n) is 15.5. The minimum Gasteiger partial charge on any atom is -0.466 e. The highest BCUT2D eigenvalue weighted by Gasteiger charge is 2.20. The van der Waals surface area contributed by atoms with Crippen LogP contribution in [0.4, 0.5) is 5.69 Å². The number of nitrogens with one attached hydrogen (secondary N) is 1. The van der Waals surface area contributed by atoms with Crippen molar-refractivity contribution in [3.8, 4) is 0 Å². The highest BCUT2D eigenvalue weighted by molar-refractivity contribution is 6.05. The Balaban J connectivity index is 1.72. The van der Waals surface area contributed by atoms with Crippen LogP contribution >= 0.6 is 0 Å². The Morgan fingerprint density at radius 3 is 2.60 bits per heavy atom. The second-order valence-electron chi connectivity index (χ2n) is 7.15. The Morgan fingerprint density at radius 1 is 1.20 bits per heavy atom. The quantitative estimate of drug-likeness (QED) is 0.841. The molecule has 1 heterocycles. The number of benzene rings is 1. The molecule has 0 bridgehead atoms. The van der Waals surface area contributed by atoms with Gasteiger partial charge in [-0.25, -0.2) is 0 Å². The van der Waals surface area contributed by atoms with Gasteiger partial charge >= 0.3 is 0 Å². The summed E-state index contributed by atoms with van der Waals surface area (Å²) in [5.74, 6) is 1.31. The number of anilines is 1. The van der Waals surface area contributed by atoms with Crippen LogP contribution in [0.2, 0.25) is 0 Å². The number of aryl methyl sites for hydroxylation is 2. The van der Waals surface area contributed by atoms with E-state index in [1.165, 1.54) is 32.1 Å². The topological polar surface area (TPSA) is 45.5 Å². The Labute approximate surface area is 150 Å². The minimum atomic E-state index is -0.109. The van der Waals surface area contributed by atoms with E-state index >= 15 is 0 Å². The van der Waals surface area contributed by atoms with Crippen LogP contribution in [0.1, 0.15) is 59.5 Å². The van der Waals surface area contributed by atoms with E-state index in [9.17, 15) is 4.79 Å². The Bertz CT molecular complexity index is 729. The predicted molar refractivity (Wildman–Crippen MR) is 101 cm³/mol. The lowest BCUT2D eigenvalue weighted by atomic mass is 9.94. The molecule has 0 spiro atoms. The lowest BCUT2D eigenvalue weighted by Crippen LogP contribution is -2.33. The summed E-state index contributed by atoms with van der Waals surface area (Å²) < 4.78 is 5.48. The normalized spacial score (nSPS) is 15.5. The van der Waals surface area contributed by atoms with Gasteiger partial charge in [0, 0.05) is 18.3 Å². The number of nitrogens with zero attached hydrogens (tertiary/aromatic N) is 1. The molecule has 1 aromatic carbocycles. The summed E-state index contributed by atoms with van der Waals surface area (Å²) in [7, 11) is 2.19. The van der Waals surface area contributed by atoms with E-state index in [0.717, 1.165) is 23.6 Å². The maximum Gasteiger partial charge on any atom is 0.259 e. The van der Waals surface area contributed by atoms with Crippen LogP contribution < -0.4 is 5.32 Å². The molecule has 25 heavy (non-hydrogen) atoms. The summed E-state index contributed by atoms with van der Waals surface area (Å²) in [5.41, 5.74) is 2.64. The largest absolute Gasteiger partial charge is 0.466 e. The molecule has 1 aromatic heterocycles. The van der Waals surface area contributed by atoms with Gasteiger partial charge in [-0.15, -0.1) is 0 Å². The number of para-hydroxylation sites is 1. The van der Waals surface area contributed by atoms with Crippen molar-refractivity contribution in [3.05, 3.63) is 53.0 Å². The molecule has 1 aliphatic rings. The summed E-state index contributed by atoms with van der Waals surface area (Å²) in [6, 6.07) is 10.5. The fourth-order valence-electron chi connectivity index (χ4n) is 3.75. The zero-order valence-corrected chi connectivity index (χ0v) is 15.5. The molecule has 0 radical (unpaired) electrons. The Kier molecular flexibility index (Phi) is 5.59. The van der Waals surface area contributed by atoms with Crippen LogP contribution in [0.15, 0.2) is 34.7 Å². The van der Waals surface area contributed by atoms with Gasteiger partial charge in [-0.05, 0) is 51.4 Å². The summed E-state index contributed by atoms with van der Waals surface area (Å²) in [6.07, 6.45) is 6.57. The number of carbonyl (C=O) groups is 1. The lowest BCUT2D eigenvalue weighted by molar-refractivity contribution is 0.102. The maximum atomic E-state index is 12.6. The Morgan fingerprint density at radius 2 is 1.92 bits per heavy atom. The maximum absolute atomic E-state index is 12.6. The SMILES string of the molecule is Cc1cc(C(=O)Nc2ccccc2CN(C)C2CCCCC2)c(C)o1. The van der Waals surface area contributed by atoms with E-state index in [1.54, 1.807) is 6.07 Å². The molecule has 0 saturated heterocycles. The first-order valence-electron chi connectivity index (χ1n) is 9.21. The third kappa shape index (κ3) is 4.31. The molecular formula is C21H28N2O2. The minimum absolute atomic E-state index is 0.109. The Hall–Kier alpha value is -2.07. The second kappa shape index (κ2) is 7.87. The van der Waals surface area contributed by atoms with E-state index in [0.29, 0.717) is 17.4 Å². The number of hydrogen-bond donors (Lipinski definition) is 1. The van der Waals surface area contributed by atoms with E-state index in [-0.39, 0.29) is 5.91 Å². The number of hydrogen-bond acceptors (Lipinski definition) is 3. The molecule has 1 amide bonds. The molecule has 4 heteroatoms. The highest BCUT2D eigenvalue weighted by atomic mass is 16.3. The fourth-order valence-corrected chi connectivity index (χ4v) is 3.75. The third-order valence-corrected chi connectivity index (χ3v) is 5.17. The summed E-state index contributed by atoms with van der Waals surface area (Å²) in [5, 5.41) is 3.06. The van der Waals surface area contributed by atoms with Crippen molar-refractivity contribution in [3.63, 3.8) is 0 Å². The van der Waals surface area contributed by atoms with Crippen molar-refractivity contribution in [2.75, 3.05) is 12.4 Å². The van der Waals surface area contributed by atoms with Crippen LogP contribution in [-0.4, -0.2) is 23.9 Å². The first-order chi connectivity index (χ1) is 12.0. The zero-order chi connectivity index (χ0) is 17.8. The van der Waals surface area contributed by atoms with Gasteiger partial charge in [-0.1, -0.05) is 37.5 Å². The molecule has 0 atom stereocenters. The molecule has 134 valence electrons. The first-order valence-corrected chi connectivity index (χ1v) is 9.21. The van der Waals surface area contributed by atoms with Crippen LogP contribution in [0.3, 0.4) is 0 Å². The molecule has 3 rings (SSSR count). The average Bonchev–Trinajstić information content (AvgIpc) is 2.96. The van der Waals surface area contributed by atoms with Crippen LogP contribution in [0, 0.1) is 13.8 Å². The standard InChI is InChI=1S/C21H28N2O2/c1-15-13-19(16(2)25-15)21(24)22-20-12-8-7-9-17(20)14-23(3)18-10-5-4-6-11-18/h7-9,12-13,18H,4-6,10-11,14H2,1-3H3,(H,22,24). The molecule has 4 nitrogen and oxygen atoms in total. The predicted octanol–water partition coefficient (Wildman–Crippen LogP) is 4.91. The number of furan rings is 1. The molecule has 1 fully saturated rings. The molecule has 1 saturated carbocycles. The van der Waals surface area contributed by atoms with Gasteiger partial charge in [0.2, 0.25) is 0 Å². The summed E-state index contributed by atoms with van der Waals surface area (Å²) in [4.78, 5) is 15.0. The second-order valence-corrected chi connectivity index (χ2v) is 7.15. The number of rotatable bonds is 5. The van der Waals surface area contributed by atoms with E-state index in [1.807, 2.05) is 32.0 Å². The molecule has 2 aromatic rings. The molecule has 1 N–H and O–H groups in total. The van der Waals surface area contributed by atoms with Crippen LogP contribution in [0.5, 0.6) is 0 Å². The molecule has 0 aliphatic heterocycles. The molecule has 1 aliphatic carbocycles. The van der Waals surface area contributed by atoms with Crippen molar-refractivity contribution in [1.29, 1.82) is 0 Å². The molecule has 0 unspecified atom stereocenters. The smallest absolute Gasteiger partial charge is 0.259 e. The van der Waals surface area contributed by atoms with E-state index in [2.05, 4.69) is 23.3 Å². The lowest BCUT2D eigenvalue weighted by Gasteiger charge is -2.31. The average molecular weight is 340 g/mol. The van der Waals surface area contributed by atoms with Gasteiger partial charge in [0.25, 0.3) is 5.91 Å². The summed E-state index contributed by atoms with van der Waals surface area (Å²) in [6.45, 7) is 4.53.